The van der Waals surface area contributed by atoms with E-state index in [4.69, 9.17) is 16.7 Å². The van der Waals surface area contributed by atoms with Crippen LogP contribution in [0.3, 0.4) is 0 Å². The van der Waals surface area contributed by atoms with Crippen LogP contribution in [-0.2, 0) is 0 Å². The lowest BCUT2D eigenvalue weighted by Gasteiger charge is -2.01. The highest BCUT2D eigenvalue weighted by Gasteiger charge is 2.11. The first-order chi connectivity index (χ1) is 9.15. The molecule has 94 valence electrons. The summed E-state index contributed by atoms with van der Waals surface area (Å²) in [5, 5.41) is 17.5. The molecular formula is C12H7ClN4O2. The summed E-state index contributed by atoms with van der Waals surface area (Å²) in [4.78, 5) is 15.0. The predicted molar refractivity (Wildman–Crippen MR) is 68.2 cm³/mol. The summed E-state index contributed by atoms with van der Waals surface area (Å²) in [7, 11) is 0. The summed E-state index contributed by atoms with van der Waals surface area (Å²) in [6.07, 6.45) is 4.57. The number of fused-ring (bicyclic) bond motifs is 1. The fourth-order valence-electron chi connectivity index (χ4n) is 1.75. The van der Waals surface area contributed by atoms with Crippen LogP contribution in [0.5, 0.6) is 0 Å². The van der Waals surface area contributed by atoms with Gasteiger partial charge in [0.1, 0.15) is 0 Å². The number of nitrogens with zero attached hydrogens (tertiary/aromatic N) is 4. The topological polar surface area (TPSA) is 80.4 Å². The lowest BCUT2D eigenvalue weighted by Crippen LogP contribution is -1.99. The van der Waals surface area contributed by atoms with E-state index in [2.05, 4.69) is 15.2 Å². The first-order valence-electron chi connectivity index (χ1n) is 5.34. The molecule has 0 saturated carbocycles. The second kappa shape index (κ2) is 4.33. The molecular weight excluding hydrogens is 268 g/mol. The fraction of sp³-hybridized carbons (Fsp3) is 0. The van der Waals surface area contributed by atoms with Gasteiger partial charge in [-0.1, -0.05) is 11.6 Å². The van der Waals surface area contributed by atoms with Gasteiger partial charge in [-0.15, -0.1) is 10.2 Å². The van der Waals surface area contributed by atoms with Gasteiger partial charge in [0.05, 0.1) is 10.6 Å². The molecule has 1 N–H and O–H groups in total. The van der Waals surface area contributed by atoms with Crippen molar-refractivity contribution < 1.29 is 9.90 Å². The minimum Gasteiger partial charge on any atom is -0.478 e. The third kappa shape index (κ3) is 2.02. The van der Waals surface area contributed by atoms with E-state index in [1.807, 2.05) is 0 Å². The molecule has 6 nitrogen and oxygen atoms in total. The number of hydrogen-bond donors (Lipinski definition) is 1. The van der Waals surface area contributed by atoms with Gasteiger partial charge in [0, 0.05) is 24.2 Å². The zero-order valence-corrected chi connectivity index (χ0v) is 10.2. The zero-order valence-electron chi connectivity index (χ0n) is 9.49. The Hall–Kier alpha value is -2.47. The number of rotatable bonds is 2. The monoisotopic (exact) mass is 274 g/mol. The molecule has 0 bridgehead atoms. The van der Waals surface area contributed by atoms with E-state index in [1.165, 1.54) is 18.5 Å². The number of carboxylic acids is 1. The standard InChI is InChI=1S/C12H7ClN4O2/c13-9-3-8(4-14-5-9)11-16-15-10-2-1-7(12(18)19)6-17(10)11/h1-6H,(H,18,19). The summed E-state index contributed by atoms with van der Waals surface area (Å²) >= 11 is 5.88. The van der Waals surface area contributed by atoms with Gasteiger partial charge < -0.3 is 5.11 Å². The highest BCUT2D eigenvalue weighted by atomic mass is 35.5. The third-order valence-electron chi connectivity index (χ3n) is 2.61. The van der Waals surface area contributed by atoms with E-state index < -0.39 is 5.97 Å². The SMILES string of the molecule is O=C(O)c1ccc2nnc(-c3cncc(Cl)c3)n2c1. The van der Waals surface area contributed by atoms with Crippen molar-refractivity contribution in [1.82, 2.24) is 19.6 Å². The molecule has 0 saturated heterocycles. The number of carbonyl (C=O) groups is 1. The Bertz CT molecular complexity index is 784. The van der Waals surface area contributed by atoms with E-state index in [0.29, 0.717) is 22.1 Å². The van der Waals surface area contributed by atoms with Gasteiger partial charge in [-0.05, 0) is 18.2 Å². The Morgan fingerprint density at radius 2 is 2.11 bits per heavy atom. The second-order valence-corrected chi connectivity index (χ2v) is 4.30. The van der Waals surface area contributed by atoms with Crippen LogP contribution in [0.4, 0.5) is 0 Å². The number of carboxylic acid groups (broad SMARTS) is 1. The van der Waals surface area contributed by atoms with Crippen molar-refractivity contribution in [3.05, 3.63) is 47.4 Å². The van der Waals surface area contributed by atoms with E-state index in [0.717, 1.165) is 0 Å². The molecule has 0 unspecified atom stereocenters. The number of aromatic carboxylic acids is 1. The summed E-state index contributed by atoms with van der Waals surface area (Å²) in [6, 6.07) is 4.77. The lowest BCUT2D eigenvalue weighted by atomic mass is 10.2. The molecule has 0 amide bonds. The molecule has 3 rings (SSSR count). The Morgan fingerprint density at radius 1 is 1.26 bits per heavy atom. The van der Waals surface area contributed by atoms with Gasteiger partial charge in [-0.2, -0.15) is 0 Å². The van der Waals surface area contributed by atoms with Gasteiger partial charge >= 0.3 is 5.97 Å². The fourth-order valence-corrected chi connectivity index (χ4v) is 1.92. The molecule has 0 aliphatic rings. The van der Waals surface area contributed by atoms with E-state index >= 15 is 0 Å². The van der Waals surface area contributed by atoms with Crippen molar-refractivity contribution >= 4 is 23.2 Å². The molecule has 0 aliphatic heterocycles. The summed E-state index contributed by atoms with van der Waals surface area (Å²) in [5.41, 5.74) is 1.38. The van der Waals surface area contributed by atoms with Crippen LogP contribution < -0.4 is 0 Å². The quantitative estimate of drug-likeness (QED) is 0.774. The molecule has 0 spiro atoms. The van der Waals surface area contributed by atoms with E-state index in [1.54, 1.807) is 22.7 Å². The van der Waals surface area contributed by atoms with E-state index in [-0.39, 0.29) is 5.56 Å². The van der Waals surface area contributed by atoms with Crippen molar-refractivity contribution in [2.24, 2.45) is 0 Å². The first-order valence-corrected chi connectivity index (χ1v) is 5.72. The maximum absolute atomic E-state index is 11.0. The molecule has 3 aromatic rings. The molecule has 3 heterocycles. The van der Waals surface area contributed by atoms with Crippen molar-refractivity contribution in [2.75, 3.05) is 0 Å². The predicted octanol–water partition coefficient (Wildman–Crippen LogP) is 2.14. The minimum absolute atomic E-state index is 0.156. The largest absolute Gasteiger partial charge is 0.478 e. The zero-order chi connectivity index (χ0) is 13.4. The molecule has 7 heteroatoms. The van der Waals surface area contributed by atoms with Crippen LogP contribution in [0.1, 0.15) is 10.4 Å². The highest BCUT2D eigenvalue weighted by Crippen LogP contribution is 2.20. The molecule has 0 fully saturated rings. The molecule has 3 aromatic heterocycles. The number of hydrogen-bond acceptors (Lipinski definition) is 4. The van der Waals surface area contributed by atoms with Gasteiger partial charge in [-0.25, -0.2) is 4.79 Å². The second-order valence-electron chi connectivity index (χ2n) is 3.87. The van der Waals surface area contributed by atoms with Crippen molar-refractivity contribution in [3.8, 4) is 11.4 Å². The van der Waals surface area contributed by atoms with E-state index in [9.17, 15) is 4.79 Å². The van der Waals surface area contributed by atoms with Crippen LogP contribution >= 0.6 is 11.6 Å². The summed E-state index contributed by atoms with van der Waals surface area (Å²) in [6.45, 7) is 0. The van der Waals surface area contributed by atoms with Gasteiger partial charge in [0.15, 0.2) is 11.5 Å². The van der Waals surface area contributed by atoms with Crippen LogP contribution in [-0.4, -0.2) is 30.7 Å². The van der Waals surface area contributed by atoms with Gasteiger partial charge in [0.2, 0.25) is 0 Å². The number of halogens is 1. The Balaban J connectivity index is 2.24. The molecule has 0 atom stereocenters. The molecule has 0 aliphatic carbocycles. The maximum Gasteiger partial charge on any atom is 0.337 e. The summed E-state index contributed by atoms with van der Waals surface area (Å²) < 4.78 is 1.59. The van der Waals surface area contributed by atoms with Crippen LogP contribution in [0.2, 0.25) is 5.02 Å². The minimum atomic E-state index is -1.01. The third-order valence-corrected chi connectivity index (χ3v) is 2.82. The van der Waals surface area contributed by atoms with Gasteiger partial charge in [0.25, 0.3) is 0 Å². The van der Waals surface area contributed by atoms with Crippen molar-refractivity contribution in [3.63, 3.8) is 0 Å². The highest BCUT2D eigenvalue weighted by molar-refractivity contribution is 6.30. The smallest absolute Gasteiger partial charge is 0.337 e. The maximum atomic E-state index is 11.0. The Kier molecular flexibility index (Phi) is 2.64. The van der Waals surface area contributed by atoms with Crippen LogP contribution in [0, 0.1) is 0 Å². The summed E-state index contributed by atoms with van der Waals surface area (Å²) in [5.74, 6) is -0.515. The average Bonchev–Trinajstić information content (AvgIpc) is 2.81. The van der Waals surface area contributed by atoms with Crippen LogP contribution in [0.15, 0.2) is 36.8 Å². The van der Waals surface area contributed by atoms with Crippen LogP contribution in [0.25, 0.3) is 17.0 Å². The number of aromatic nitrogens is 4. The van der Waals surface area contributed by atoms with Crippen molar-refractivity contribution in [2.45, 2.75) is 0 Å². The lowest BCUT2D eigenvalue weighted by molar-refractivity contribution is 0.0696. The van der Waals surface area contributed by atoms with Crippen molar-refractivity contribution in [1.29, 1.82) is 0 Å². The normalized spacial score (nSPS) is 10.8. The number of pyridine rings is 2. The molecule has 19 heavy (non-hydrogen) atoms. The average molecular weight is 275 g/mol. The first kappa shape index (κ1) is 11.6. The Morgan fingerprint density at radius 3 is 2.84 bits per heavy atom. The molecule has 0 aromatic carbocycles. The Labute approximate surface area is 112 Å². The molecule has 0 radical (unpaired) electrons. The van der Waals surface area contributed by atoms with Gasteiger partial charge in [-0.3, -0.25) is 9.38 Å².